The molecule has 0 radical (unpaired) electrons. The topological polar surface area (TPSA) is 51.6 Å². The second-order valence-electron chi connectivity index (χ2n) is 7.03. The van der Waals surface area contributed by atoms with E-state index in [9.17, 15) is 5.11 Å². The van der Waals surface area contributed by atoms with Crippen molar-refractivity contribution < 1.29 is 14.4 Å². The molecule has 0 saturated carbocycles. The number of halogens is 1. The number of rotatable bonds is 3. The fourth-order valence-electron chi connectivity index (χ4n) is 2.62. The normalized spacial score (nSPS) is 19.9. The number of aliphatic hydroxyl groups excluding tert-OH is 1. The maximum absolute atomic E-state index is 9.79. The summed E-state index contributed by atoms with van der Waals surface area (Å²) in [6.07, 6.45) is 3.56. The first-order valence-electron chi connectivity index (χ1n) is 7.95. The molecule has 4 nitrogen and oxygen atoms in total. The summed E-state index contributed by atoms with van der Waals surface area (Å²) < 4.78 is 12.0. The van der Waals surface area contributed by atoms with Crippen molar-refractivity contribution >= 4 is 35.7 Å². The SMILES string of the molecule is CC1(C)OB(C(=Cc2ccc3nccc(Cl)c3c2)CO)OC1(C)C. The minimum atomic E-state index is -0.569. The Bertz CT molecular complexity index is 788. The summed E-state index contributed by atoms with van der Waals surface area (Å²) in [4.78, 5) is 4.29. The van der Waals surface area contributed by atoms with Gasteiger partial charge in [-0.2, -0.15) is 0 Å². The number of hydrogen-bond donors (Lipinski definition) is 1. The molecule has 24 heavy (non-hydrogen) atoms. The maximum atomic E-state index is 9.79. The zero-order valence-corrected chi connectivity index (χ0v) is 15.1. The molecule has 1 aromatic heterocycles. The number of aliphatic hydroxyl groups is 1. The van der Waals surface area contributed by atoms with E-state index < -0.39 is 18.3 Å². The van der Waals surface area contributed by atoms with Crippen molar-refractivity contribution in [2.75, 3.05) is 6.61 Å². The number of aromatic nitrogens is 1. The van der Waals surface area contributed by atoms with Crippen LogP contribution in [0.2, 0.25) is 5.02 Å². The highest BCUT2D eigenvalue weighted by Crippen LogP contribution is 2.38. The lowest BCUT2D eigenvalue weighted by Crippen LogP contribution is -2.41. The van der Waals surface area contributed by atoms with Crippen LogP contribution in [0, 0.1) is 0 Å². The first-order chi connectivity index (χ1) is 11.2. The van der Waals surface area contributed by atoms with E-state index in [-0.39, 0.29) is 6.61 Å². The lowest BCUT2D eigenvalue weighted by molar-refractivity contribution is 0.00578. The molecule has 0 aliphatic carbocycles. The van der Waals surface area contributed by atoms with Crippen LogP contribution >= 0.6 is 11.6 Å². The summed E-state index contributed by atoms with van der Waals surface area (Å²) in [7, 11) is -0.569. The van der Waals surface area contributed by atoms with Gasteiger partial charge in [0.15, 0.2) is 0 Å². The van der Waals surface area contributed by atoms with Gasteiger partial charge in [-0.25, -0.2) is 0 Å². The number of hydrogen-bond acceptors (Lipinski definition) is 4. The van der Waals surface area contributed by atoms with Crippen molar-refractivity contribution in [2.24, 2.45) is 0 Å². The smallest absolute Gasteiger partial charge is 0.400 e. The highest BCUT2D eigenvalue weighted by Gasteiger charge is 2.52. The Morgan fingerprint density at radius 3 is 2.50 bits per heavy atom. The number of nitrogens with zero attached hydrogens (tertiary/aromatic N) is 1. The van der Waals surface area contributed by atoms with E-state index in [1.807, 2.05) is 52.0 Å². The third-order valence-electron chi connectivity index (χ3n) is 4.80. The molecule has 2 heterocycles. The minimum absolute atomic E-state index is 0.143. The number of benzene rings is 1. The van der Waals surface area contributed by atoms with Gasteiger partial charge in [0.05, 0.1) is 28.3 Å². The molecule has 0 amide bonds. The molecule has 0 spiro atoms. The fraction of sp³-hybridized carbons (Fsp3) is 0.389. The summed E-state index contributed by atoms with van der Waals surface area (Å²) in [5.41, 5.74) is 1.54. The Hall–Kier alpha value is -1.40. The zero-order valence-electron chi connectivity index (χ0n) is 14.3. The summed E-state index contributed by atoms with van der Waals surface area (Å²) in [5, 5.41) is 11.3. The average molecular weight is 346 g/mol. The number of pyridine rings is 1. The molecule has 0 bridgehead atoms. The van der Waals surface area contributed by atoms with Gasteiger partial charge in [0.1, 0.15) is 0 Å². The van der Waals surface area contributed by atoms with Crippen molar-refractivity contribution in [1.82, 2.24) is 4.98 Å². The average Bonchev–Trinajstić information content (AvgIpc) is 2.73. The fourth-order valence-corrected chi connectivity index (χ4v) is 2.82. The molecule has 2 aromatic rings. The predicted octanol–water partition coefficient (Wildman–Crippen LogP) is 3.90. The Kier molecular flexibility index (Phi) is 4.47. The molecule has 1 aliphatic rings. The highest BCUT2D eigenvalue weighted by molar-refractivity contribution is 6.55. The van der Waals surface area contributed by atoms with Gasteiger partial charge >= 0.3 is 7.12 Å². The van der Waals surface area contributed by atoms with Gasteiger partial charge in [0.2, 0.25) is 0 Å². The van der Waals surface area contributed by atoms with Gasteiger partial charge < -0.3 is 14.4 Å². The van der Waals surface area contributed by atoms with Crippen LogP contribution in [-0.4, -0.2) is 35.0 Å². The third kappa shape index (κ3) is 3.09. The van der Waals surface area contributed by atoms with Gasteiger partial charge in [-0.05, 0) is 56.9 Å². The molecule has 1 N–H and O–H groups in total. The van der Waals surface area contributed by atoms with Crippen LogP contribution < -0.4 is 0 Å². The highest BCUT2D eigenvalue weighted by atomic mass is 35.5. The van der Waals surface area contributed by atoms with Crippen LogP contribution in [0.25, 0.3) is 17.0 Å². The summed E-state index contributed by atoms with van der Waals surface area (Å²) >= 11 is 6.24. The first-order valence-corrected chi connectivity index (χ1v) is 8.32. The Morgan fingerprint density at radius 2 is 1.88 bits per heavy atom. The molecule has 6 heteroatoms. The maximum Gasteiger partial charge on any atom is 0.492 e. The quantitative estimate of drug-likeness (QED) is 0.857. The van der Waals surface area contributed by atoms with Crippen molar-refractivity contribution in [3.8, 4) is 0 Å². The summed E-state index contributed by atoms with van der Waals surface area (Å²) in [6, 6.07) is 7.56. The summed E-state index contributed by atoms with van der Waals surface area (Å²) in [5.74, 6) is 0. The van der Waals surface area contributed by atoms with Crippen LogP contribution in [0.5, 0.6) is 0 Å². The van der Waals surface area contributed by atoms with Crippen molar-refractivity contribution in [3.05, 3.63) is 46.5 Å². The van der Waals surface area contributed by atoms with Gasteiger partial charge in [-0.15, -0.1) is 0 Å². The van der Waals surface area contributed by atoms with Crippen LogP contribution in [0.1, 0.15) is 33.3 Å². The van der Waals surface area contributed by atoms with E-state index in [0.29, 0.717) is 10.5 Å². The monoisotopic (exact) mass is 345 g/mol. The van der Waals surface area contributed by atoms with E-state index in [1.54, 1.807) is 12.3 Å². The molecule has 0 atom stereocenters. The molecule has 3 rings (SSSR count). The second-order valence-corrected chi connectivity index (χ2v) is 7.44. The Morgan fingerprint density at radius 1 is 1.21 bits per heavy atom. The van der Waals surface area contributed by atoms with Crippen LogP contribution in [0.4, 0.5) is 0 Å². The van der Waals surface area contributed by atoms with Crippen molar-refractivity contribution in [3.63, 3.8) is 0 Å². The molecule has 0 unspecified atom stereocenters. The van der Waals surface area contributed by atoms with E-state index in [0.717, 1.165) is 16.5 Å². The van der Waals surface area contributed by atoms with Gasteiger partial charge in [-0.1, -0.05) is 23.7 Å². The molecular formula is C18H21BClNO3. The van der Waals surface area contributed by atoms with E-state index >= 15 is 0 Å². The Labute approximate surface area is 147 Å². The predicted molar refractivity (Wildman–Crippen MR) is 97.9 cm³/mol. The minimum Gasteiger partial charge on any atom is -0.400 e. The molecule has 1 fully saturated rings. The van der Waals surface area contributed by atoms with Crippen LogP contribution in [0.15, 0.2) is 35.9 Å². The van der Waals surface area contributed by atoms with E-state index in [4.69, 9.17) is 20.9 Å². The second kappa shape index (κ2) is 6.15. The van der Waals surface area contributed by atoms with E-state index in [2.05, 4.69) is 4.98 Å². The van der Waals surface area contributed by atoms with Crippen molar-refractivity contribution in [1.29, 1.82) is 0 Å². The van der Waals surface area contributed by atoms with Crippen molar-refractivity contribution in [2.45, 2.75) is 38.9 Å². The molecule has 1 aliphatic heterocycles. The number of fused-ring (bicyclic) bond motifs is 1. The summed E-state index contributed by atoms with van der Waals surface area (Å²) in [6.45, 7) is 7.81. The molecule has 1 aromatic carbocycles. The zero-order chi connectivity index (χ0) is 17.5. The molecule has 1 saturated heterocycles. The van der Waals surface area contributed by atoms with Gasteiger partial charge in [0.25, 0.3) is 0 Å². The standard InChI is InChI=1S/C18H21BClNO3/c1-17(2)18(3,4)24-19(23-17)13(11-22)9-12-5-6-16-14(10-12)15(20)7-8-21-16/h5-10,22H,11H2,1-4H3. The molecular weight excluding hydrogens is 324 g/mol. The van der Waals surface area contributed by atoms with E-state index in [1.165, 1.54) is 0 Å². The lowest BCUT2D eigenvalue weighted by atomic mass is 9.77. The molecule has 126 valence electrons. The first kappa shape index (κ1) is 17.4. The Balaban J connectivity index is 1.96. The third-order valence-corrected chi connectivity index (χ3v) is 5.13. The van der Waals surface area contributed by atoms with Gasteiger partial charge in [-0.3, -0.25) is 4.98 Å². The largest absolute Gasteiger partial charge is 0.492 e. The van der Waals surface area contributed by atoms with Crippen LogP contribution in [0.3, 0.4) is 0 Å². The lowest BCUT2D eigenvalue weighted by Gasteiger charge is -2.32. The van der Waals surface area contributed by atoms with Gasteiger partial charge in [0, 0.05) is 11.6 Å². The van der Waals surface area contributed by atoms with Crippen LogP contribution in [-0.2, 0) is 9.31 Å².